The molecule has 2 N–H and O–H groups in total. The summed E-state index contributed by atoms with van der Waals surface area (Å²) in [6.45, 7) is 0. The summed E-state index contributed by atoms with van der Waals surface area (Å²) in [5, 5.41) is 10.1. The van der Waals surface area contributed by atoms with Gasteiger partial charge in [0, 0.05) is 6.07 Å². The van der Waals surface area contributed by atoms with Gasteiger partial charge in [0.25, 0.3) is 0 Å². The molecule has 0 unspecified atom stereocenters. The molecule has 17 heavy (non-hydrogen) atoms. The fourth-order valence-electron chi connectivity index (χ4n) is 1.74. The molecule has 0 aliphatic rings. The lowest BCUT2D eigenvalue weighted by Gasteiger charge is -1.98. The zero-order chi connectivity index (χ0) is 12.0. The lowest BCUT2D eigenvalue weighted by molar-refractivity contribution is 0.476. The summed E-state index contributed by atoms with van der Waals surface area (Å²) in [6, 6.07) is 8.28. The number of fused-ring (bicyclic) bond motifs is 1. The number of phenols is 1. The van der Waals surface area contributed by atoms with E-state index in [1.807, 2.05) is 0 Å². The topological polar surface area (TPSA) is 58.0 Å². The van der Waals surface area contributed by atoms with Crippen LogP contribution in [0.5, 0.6) is 5.75 Å². The summed E-state index contributed by atoms with van der Waals surface area (Å²) < 4.78 is 2.16. The Morgan fingerprint density at radius 2 is 2.12 bits per heavy atom. The van der Waals surface area contributed by atoms with Crippen molar-refractivity contribution in [3.63, 3.8) is 0 Å². The molecule has 0 radical (unpaired) electrons. The first-order valence-electron chi connectivity index (χ1n) is 4.84. The third-order valence-electron chi connectivity index (χ3n) is 2.45. The molecular formula is C11H7ClN2O2S. The Morgan fingerprint density at radius 3 is 2.82 bits per heavy atom. The van der Waals surface area contributed by atoms with Gasteiger partial charge in [-0.15, -0.1) is 11.3 Å². The first-order chi connectivity index (χ1) is 8.15. The van der Waals surface area contributed by atoms with Gasteiger partial charge in [-0.2, -0.15) is 0 Å². The highest BCUT2D eigenvalue weighted by molar-refractivity contribution is 7.18. The zero-order valence-corrected chi connectivity index (χ0v) is 10.0. The second kappa shape index (κ2) is 3.65. The van der Waals surface area contributed by atoms with Gasteiger partial charge in [0.05, 0.1) is 15.4 Å². The van der Waals surface area contributed by atoms with Crippen LogP contribution in [0.4, 0.5) is 0 Å². The van der Waals surface area contributed by atoms with E-state index < -0.39 is 0 Å². The molecule has 0 spiro atoms. The van der Waals surface area contributed by atoms with Gasteiger partial charge in [-0.3, -0.25) is 4.57 Å². The number of phenolic OH excluding ortho intramolecular Hbond substituents is 1. The summed E-state index contributed by atoms with van der Waals surface area (Å²) in [4.78, 5) is 14.5. The highest BCUT2D eigenvalue weighted by Crippen LogP contribution is 2.27. The number of hydrogen-bond acceptors (Lipinski definition) is 3. The number of thiophene rings is 1. The zero-order valence-electron chi connectivity index (χ0n) is 8.48. The second-order valence-corrected chi connectivity index (χ2v) is 5.24. The van der Waals surface area contributed by atoms with Crippen molar-refractivity contribution >= 4 is 34.0 Å². The first-order valence-corrected chi connectivity index (χ1v) is 6.04. The van der Waals surface area contributed by atoms with Gasteiger partial charge in [0.1, 0.15) is 10.8 Å². The quantitative estimate of drug-likeness (QED) is 0.711. The number of benzene rings is 1. The van der Waals surface area contributed by atoms with Crippen molar-refractivity contribution in [3.8, 4) is 10.8 Å². The van der Waals surface area contributed by atoms with E-state index in [4.69, 9.17) is 11.6 Å². The average Bonchev–Trinajstić information content (AvgIpc) is 2.80. The van der Waals surface area contributed by atoms with E-state index in [-0.39, 0.29) is 11.4 Å². The highest BCUT2D eigenvalue weighted by atomic mass is 35.5. The predicted octanol–water partition coefficient (Wildman–Crippen LogP) is 2.74. The summed E-state index contributed by atoms with van der Waals surface area (Å²) in [7, 11) is 0. The van der Waals surface area contributed by atoms with Crippen molar-refractivity contribution in [2.75, 3.05) is 0 Å². The number of aromatic nitrogens is 2. The number of aromatic amines is 1. The molecule has 0 aliphatic heterocycles. The summed E-state index contributed by atoms with van der Waals surface area (Å²) in [6.07, 6.45) is 0. The Morgan fingerprint density at radius 1 is 1.29 bits per heavy atom. The predicted molar refractivity (Wildman–Crippen MR) is 68.4 cm³/mol. The fraction of sp³-hybridized carbons (Fsp3) is 0. The number of nitrogens with zero attached hydrogens (tertiary/aromatic N) is 1. The molecule has 0 aliphatic carbocycles. The van der Waals surface area contributed by atoms with Crippen LogP contribution in [0.15, 0.2) is 35.1 Å². The van der Waals surface area contributed by atoms with E-state index in [1.54, 1.807) is 24.3 Å². The Labute approximate surface area is 105 Å². The highest BCUT2D eigenvalue weighted by Gasteiger charge is 2.10. The summed E-state index contributed by atoms with van der Waals surface area (Å²) >= 11 is 7.18. The Bertz CT molecular complexity index is 756. The van der Waals surface area contributed by atoms with E-state index >= 15 is 0 Å². The number of imidazole rings is 1. The molecule has 1 aromatic carbocycles. The van der Waals surface area contributed by atoms with Crippen molar-refractivity contribution in [1.29, 1.82) is 0 Å². The molecule has 0 saturated heterocycles. The fourth-order valence-corrected chi connectivity index (χ4v) is 2.79. The van der Waals surface area contributed by atoms with Crippen molar-refractivity contribution in [2.45, 2.75) is 0 Å². The Hall–Kier alpha value is -1.72. The molecule has 3 rings (SSSR count). The molecule has 4 nitrogen and oxygen atoms in total. The lowest BCUT2D eigenvalue weighted by atomic mass is 10.3. The van der Waals surface area contributed by atoms with Crippen LogP contribution >= 0.6 is 22.9 Å². The first kappa shape index (κ1) is 10.4. The van der Waals surface area contributed by atoms with Crippen LogP contribution in [-0.2, 0) is 0 Å². The van der Waals surface area contributed by atoms with E-state index in [0.717, 1.165) is 5.00 Å². The number of H-pyrrole nitrogens is 1. The van der Waals surface area contributed by atoms with Crippen LogP contribution in [0.2, 0.25) is 4.34 Å². The molecule has 0 fully saturated rings. The number of rotatable bonds is 1. The van der Waals surface area contributed by atoms with E-state index in [9.17, 15) is 9.90 Å². The standard InChI is InChI=1S/C11H7ClN2O2S/c12-9-3-4-10(17-9)14-8-2-1-6(15)5-7(8)13-11(14)16/h1-5,15H,(H,13,16). The number of hydrogen-bond donors (Lipinski definition) is 2. The number of aromatic hydroxyl groups is 1. The average molecular weight is 267 g/mol. The SMILES string of the molecule is O=c1[nH]c2cc(O)ccc2n1-c1ccc(Cl)s1. The molecule has 6 heteroatoms. The van der Waals surface area contributed by atoms with Gasteiger partial charge in [-0.25, -0.2) is 4.79 Å². The van der Waals surface area contributed by atoms with Crippen molar-refractivity contribution in [1.82, 2.24) is 9.55 Å². The molecule has 3 aromatic rings. The lowest BCUT2D eigenvalue weighted by Crippen LogP contribution is -2.13. The van der Waals surface area contributed by atoms with Crippen LogP contribution in [0.1, 0.15) is 0 Å². The third kappa shape index (κ3) is 1.64. The largest absolute Gasteiger partial charge is 0.508 e. The minimum atomic E-state index is -0.246. The normalized spacial score (nSPS) is 11.1. The minimum Gasteiger partial charge on any atom is -0.508 e. The Kier molecular flexibility index (Phi) is 2.24. The van der Waals surface area contributed by atoms with Crippen molar-refractivity contribution in [2.24, 2.45) is 0 Å². The van der Waals surface area contributed by atoms with Crippen LogP contribution in [-0.4, -0.2) is 14.7 Å². The molecule has 86 valence electrons. The van der Waals surface area contributed by atoms with E-state index in [2.05, 4.69) is 4.98 Å². The van der Waals surface area contributed by atoms with Gasteiger partial charge in [-0.1, -0.05) is 11.6 Å². The van der Waals surface area contributed by atoms with Crippen LogP contribution in [0.25, 0.3) is 16.0 Å². The molecule has 0 atom stereocenters. The second-order valence-electron chi connectivity index (χ2n) is 3.54. The molecule has 0 saturated carbocycles. The van der Waals surface area contributed by atoms with Crippen LogP contribution in [0, 0.1) is 0 Å². The van der Waals surface area contributed by atoms with Crippen LogP contribution in [0.3, 0.4) is 0 Å². The maximum Gasteiger partial charge on any atom is 0.331 e. The monoisotopic (exact) mass is 266 g/mol. The maximum atomic E-state index is 11.8. The van der Waals surface area contributed by atoms with Crippen molar-refractivity contribution < 1.29 is 5.11 Å². The maximum absolute atomic E-state index is 11.8. The molecule has 0 amide bonds. The molecule has 0 bridgehead atoms. The minimum absolute atomic E-state index is 0.120. The Balaban J connectivity index is 2.36. The number of nitrogens with one attached hydrogen (secondary N) is 1. The third-order valence-corrected chi connectivity index (χ3v) is 3.66. The molecule has 2 aromatic heterocycles. The summed E-state index contributed by atoms with van der Waals surface area (Å²) in [5.41, 5.74) is 1.06. The van der Waals surface area contributed by atoms with Gasteiger partial charge in [0.15, 0.2) is 0 Å². The van der Waals surface area contributed by atoms with Gasteiger partial charge in [0.2, 0.25) is 0 Å². The van der Waals surface area contributed by atoms with Gasteiger partial charge >= 0.3 is 5.69 Å². The smallest absolute Gasteiger partial charge is 0.331 e. The van der Waals surface area contributed by atoms with E-state index in [0.29, 0.717) is 15.4 Å². The van der Waals surface area contributed by atoms with E-state index in [1.165, 1.54) is 22.0 Å². The molecular weight excluding hydrogens is 260 g/mol. The number of halogens is 1. The van der Waals surface area contributed by atoms with Crippen LogP contribution < -0.4 is 5.69 Å². The van der Waals surface area contributed by atoms with Crippen molar-refractivity contribution in [3.05, 3.63) is 45.2 Å². The summed E-state index contributed by atoms with van der Waals surface area (Å²) in [5.74, 6) is 0.120. The van der Waals surface area contributed by atoms with Gasteiger partial charge in [-0.05, 0) is 24.3 Å². The molecule has 2 heterocycles. The van der Waals surface area contributed by atoms with Gasteiger partial charge < -0.3 is 10.1 Å².